The smallest absolute Gasteiger partial charge is 0.243 e. The van der Waals surface area contributed by atoms with Gasteiger partial charge in [-0.3, -0.25) is 9.59 Å². The van der Waals surface area contributed by atoms with E-state index < -0.39 is 6.04 Å². The number of carbonyl (C=O) groups excluding carboxylic acids is 2. The van der Waals surface area contributed by atoms with Gasteiger partial charge in [-0.1, -0.05) is 72.3 Å². The van der Waals surface area contributed by atoms with Crippen LogP contribution in [0.1, 0.15) is 36.1 Å². The molecule has 0 bridgehead atoms. The number of nitrogens with one attached hydrogen (secondary N) is 1. The number of thioether (sulfide) groups is 1. The van der Waals surface area contributed by atoms with Crippen LogP contribution in [0.4, 0.5) is 4.39 Å². The lowest BCUT2D eigenvalue weighted by Crippen LogP contribution is -2.52. The first kappa shape index (κ1) is 26.5. The summed E-state index contributed by atoms with van der Waals surface area (Å²) >= 11 is 1.47. The predicted molar refractivity (Wildman–Crippen MR) is 142 cm³/mol. The van der Waals surface area contributed by atoms with E-state index in [1.807, 2.05) is 75.4 Å². The van der Waals surface area contributed by atoms with Crippen molar-refractivity contribution in [1.29, 1.82) is 0 Å². The molecule has 2 amide bonds. The third-order valence-electron chi connectivity index (χ3n) is 5.54. The number of carbonyl (C=O) groups is 2. The fraction of sp³-hybridized carbons (Fsp3) is 0.310. The predicted octanol–water partition coefficient (Wildman–Crippen LogP) is 5.53. The van der Waals surface area contributed by atoms with Crippen LogP contribution in [-0.2, 0) is 28.3 Å². The second kappa shape index (κ2) is 13.1. The molecule has 3 aromatic carbocycles. The molecule has 0 fully saturated rings. The van der Waals surface area contributed by atoms with Gasteiger partial charge in [0.15, 0.2) is 0 Å². The Labute approximate surface area is 211 Å². The molecule has 0 spiro atoms. The minimum atomic E-state index is -0.640. The molecule has 1 N–H and O–H groups in total. The number of nitrogens with zero attached hydrogens (tertiary/aromatic N) is 1. The third-order valence-corrected chi connectivity index (χ3v) is 6.53. The molecule has 4 nitrogen and oxygen atoms in total. The summed E-state index contributed by atoms with van der Waals surface area (Å²) in [6.45, 7) is 6.20. The molecule has 1 atom stereocenters. The van der Waals surface area contributed by atoms with E-state index in [-0.39, 0.29) is 29.4 Å². The second-order valence-electron chi connectivity index (χ2n) is 9.00. The topological polar surface area (TPSA) is 49.4 Å². The first-order valence-electron chi connectivity index (χ1n) is 11.8. The van der Waals surface area contributed by atoms with Crippen molar-refractivity contribution >= 4 is 23.6 Å². The van der Waals surface area contributed by atoms with Crippen LogP contribution in [0.3, 0.4) is 0 Å². The lowest BCUT2D eigenvalue weighted by molar-refractivity contribution is -0.139. The summed E-state index contributed by atoms with van der Waals surface area (Å²) in [5.41, 5.74) is 4.04. The zero-order chi connectivity index (χ0) is 25.2. The Morgan fingerprint density at radius 2 is 1.60 bits per heavy atom. The Bertz CT molecular complexity index is 1100. The highest BCUT2D eigenvalue weighted by Crippen LogP contribution is 2.19. The number of rotatable bonds is 11. The second-order valence-corrected chi connectivity index (χ2v) is 9.98. The quantitative estimate of drug-likeness (QED) is 0.383. The van der Waals surface area contributed by atoms with Gasteiger partial charge in [0.1, 0.15) is 11.9 Å². The molecular weight excluding hydrogens is 459 g/mol. The lowest BCUT2D eigenvalue weighted by Gasteiger charge is -2.32. The molecule has 184 valence electrons. The standard InChI is InChI=1S/C29H33FN2O2S/c1-21(2)31-29(34)27(17-23-9-5-4-6-10-23)32(18-25-11-7-8-22(3)16-25)28(33)20-35-19-24-12-14-26(30)15-13-24/h4-16,21,27H,17-20H2,1-3H3,(H,31,34). The molecule has 0 aromatic heterocycles. The van der Waals surface area contributed by atoms with Crippen LogP contribution in [0, 0.1) is 12.7 Å². The van der Waals surface area contributed by atoms with Crippen LogP contribution in [-0.4, -0.2) is 34.6 Å². The van der Waals surface area contributed by atoms with Crippen molar-refractivity contribution in [2.24, 2.45) is 0 Å². The number of hydrogen-bond donors (Lipinski definition) is 1. The molecular formula is C29H33FN2O2S. The number of halogens is 1. The maximum atomic E-state index is 13.6. The Kier molecular flexibility index (Phi) is 9.91. The van der Waals surface area contributed by atoms with E-state index in [2.05, 4.69) is 5.32 Å². The van der Waals surface area contributed by atoms with E-state index in [0.29, 0.717) is 18.7 Å². The molecule has 0 saturated carbocycles. The normalized spacial score (nSPS) is 11.8. The highest BCUT2D eigenvalue weighted by Gasteiger charge is 2.30. The molecule has 3 aromatic rings. The minimum absolute atomic E-state index is 0.0375. The Morgan fingerprint density at radius 1 is 0.914 bits per heavy atom. The van der Waals surface area contributed by atoms with Crippen LogP contribution < -0.4 is 5.32 Å². The van der Waals surface area contributed by atoms with Crippen molar-refractivity contribution in [3.8, 4) is 0 Å². The summed E-state index contributed by atoms with van der Waals surface area (Å²) in [6.07, 6.45) is 0.430. The van der Waals surface area contributed by atoms with E-state index >= 15 is 0 Å². The first-order chi connectivity index (χ1) is 16.8. The molecule has 0 aliphatic carbocycles. The summed E-state index contributed by atoms with van der Waals surface area (Å²) in [5, 5.41) is 3.01. The molecule has 6 heteroatoms. The van der Waals surface area contributed by atoms with Gasteiger partial charge in [0, 0.05) is 24.8 Å². The van der Waals surface area contributed by atoms with Crippen molar-refractivity contribution < 1.29 is 14.0 Å². The highest BCUT2D eigenvalue weighted by molar-refractivity contribution is 7.99. The number of aryl methyl sites for hydroxylation is 1. The van der Waals surface area contributed by atoms with Crippen molar-refractivity contribution in [3.63, 3.8) is 0 Å². The van der Waals surface area contributed by atoms with Gasteiger partial charge in [-0.05, 0) is 49.6 Å². The van der Waals surface area contributed by atoms with Crippen LogP contribution >= 0.6 is 11.8 Å². The van der Waals surface area contributed by atoms with Crippen molar-refractivity contribution in [2.75, 3.05) is 5.75 Å². The van der Waals surface area contributed by atoms with Crippen LogP contribution in [0.25, 0.3) is 0 Å². The monoisotopic (exact) mass is 492 g/mol. The van der Waals surface area contributed by atoms with Gasteiger partial charge in [0.2, 0.25) is 11.8 Å². The van der Waals surface area contributed by atoms with E-state index in [1.54, 1.807) is 17.0 Å². The molecule has 0 aliphatic heterocycles. The van der Waals surface area contributed by atoms with Crippen molar-refractivity contribution in [2.45, 2.75) is 51.6 Å². The Hall–Kier alpha value is -3.12. The summed E-state index contributed by atoms with van der Waals surface area (Å²) in [7, 11) is 0. The Morgan fingerprint density at radius 3 is 2.26 bits per heavy atom. The molecule has 35 heavy (non-hydrogen) atoms. The molecule has 3 rings (SSSR count). The molecule has 1 unspecified atom stereocenters. The summed E-state index contributed by atoms with van der Waals surface area (Å²) in [5.74, 6) is 0.279. The minimum Gasteiger partial charge on any atom is -0.352 e. The maximum absolute atomic E-state index is 13.6. The molecule has 0 saturated heterocycles. The largest absolute Gasteiger partial charge is 0.352 e. The summed E-state index contributed by atoms with van der Waals surface area (Å²) < 4.78 is 13.2. The molecule has 0 radical (unpaired) electrons. The summed E-state index contributed by atoms with van der Waals surface area (Å²) in [6, 6.07) is 23.4. The zero-order valence-electron chi connectivity index (χ0n) is 20.5. The lowest BCUT2D eigenvalue weighted by atomic mass is 10.0. The number of hydrogen-bond acceptors (Lipinski definition) is 3. The third kappa shape index (κ3) is 8.55. The number of amides is 2. The molecule has 0 aliphatic rings. The van der Waals surface area contributed by atoms with Gasteiger partial charge in [0.25, 0.3) is 0 Å². The van der Waals surface area contributed by atoms with E-state index in [1.165, 1.54) is 23.9 Å². The van der Waals surface area contributed by atoms with Crippen molar-refractivity contribution in [1.82, 2.24) is 10.2 Å². The average molecular weight is 493 g/mol. The van der Waals surface area contributed by atoms with Crippen molar-refractivity contribution in [3.05, 3.63) is 107 Å². The van der Waals surface area contributed by atoms with Crippen LogP contribution in [0.5, 0.6) is 0 Å². The fourth-order valence-corrected chi connectivity index (χ4v) is 4.73. The van der Waals surface area contributed by atoms with Gasteiger partial charge >= 0.3 is 0 Å². The van der Waals surface area contributed by atoms with Crippen LogP contribution in [0.15, 0.2) is 78.9 Å². The van der Waals surface area contributed by atoms with Gasteiger partial charge in [-0.2, -0.15) is 0 Å². The maximum Gasteiger partial charge on any atom is 0.243 e. The zero-order valence-corrected chi connectivity index (χ0v) is 21.4. The highest BCUT2D eigenvalue weighted by atomic mass is 32.2. The number of benzene rings is 3. The van der Waals surface area contributed by atoms with Crippen LogP contribution in [0.2, 0.25) is 0 Å². The fourth-order valence-electron chi connectivity index (χ4n) is 3.86. The Balaban J connectivity index is 1.84. The molecule has 0 heterocycles. The van der Waals surface area contributed by atoms with Gasteiger partial charge in [-0.25, -0.2) is 4.39 Å². The van der Waals surface area contributed by atoms with E-state index in [4.69, 9.17) is 0 Å². The SMILES string of the molecule is Cc1cccc(CN(C(=O)CSCc2ccc(F)cc2)C(Cc2ccccc2)C(=O)NC(C)C)c1. The summed E-state index contributed by atoms with van der Waals surface area (Å²) in [4.78, 5) is 28.6. The van der Waals surface area contributed by atoms with Gasteiger partial charge in [-0.15, -0.1) is 11.8 Å². The average Bonchev–Trinajstić information content (AvgIpc) is 2.82. The first-order valence-corrected chi connectivity index (χ1v) is 13.0. The van der Waals surface area contributed by atoms with E-state index in [0.717, 1.165) is 22.3 Å². The van der Waals surface area contributed by atoms with Gasteiger partial charge in [0.05, 0.1) is 5.75 Å². The van der Waals surface area contributed by atoms with Gasteiger partial charge < -0.3 is 10.2 Å². The van der Waals surface area contributed by atoms with E-state index in [9.17, 15) is 14.0 Å².